The molecule has 0 radical (unpaired) electrons. The lowest BCUT2D eigenvalue weighted by Gasteiger charge is -2.61. The molecule has 3 bridgehead atoms. The van der Waals surface area contributed by atoms with Crippen LogP contribution in [-0.2, 0) is 39.2 Å². The monoisotopic (exact) mass is 654 g/mol. The van der Waals surface area contributed by atoms with E-state index in [-0.39, 0.29) is 5.57 Å². The van der Waals surface area contributed by atoms with Crippen LogP contribution in [0.2, 0.25) is 0 Å². The van der Waals surface area contributed by atoms with Gasteiger partial charge in [0.05, 0.1) is 12.2 Å². The minimum absolute atomic E-state index is 0.226. The second-order valence-corrected chi connectivity index (χ2v) is 13.9. The predicted molar refractivity (Wildman–Crippen MR) is 170 cm³/mol. The fourth-order valence-corrected chi connectivity index (χ4v) is 9.34. The molecule has 0 spiro atoms. The van der Waals surface area contributed by atoms with Crippen LogP contribution in [0.25, 0.3) is 6.08 Å². The summed E-state index contributed by atoms with van der Waals surface area (Å²) in [5.41, 5.74) is -4.99. The Morgan fingerprint density at radius 3 is 2.38 bits per heavy atom. The number of carbonyl (C=O) groups is 2. The van der Waals surface area contributed by atoms with Crippen LogP contribution in [0.1, 0.15) is 31.9 Å². The number of ketones is 1. The van der Waals surface area contributed by atoms with Gasteiger partial charge in [-0.15, -0.1) is 0 Å². The SMILES string of the molecule is C=C(C)C12OC3(c4ccccc4)OC1C1C4OC4(CO)C(O)C4(O)C(=O)C(C)=CC4C1(O3)C(C)C2OC(=O)/C=C/C=C/c1ccccc1. The molecule has 3 aliphatic heterocycles. The van der Waals surface area contributed by atoms with Crippen molar-refractivity contribution in [3.05, 3.63) is 114 Å². The summed E-state index contributed by atoms with van der Waals surface area (Å²) in [6.07, 6.45) is 3.34. The third-order valence-electron chi connectivity index (χ3n) is 11.5. The number of allylic oxidation sites excluding steroid dienone is 2. The molecule has 48 heavy (non-hydrogen) atoms. The van der Waals surface area contributed by atoms with Crippen molar-refractivity contribution in [1.29, 1.82) is 0 Å². The van der Waals surface area contributed by atoms with Gasteiger partial charge in [0.15, 0.2) is 17.0 Å². The first kappa shape index (κ1) is 31.5. The van der Waals surface area contributed by atoms with E-state index < -0.39 is 88.9 Å². The van der Waals surface area contributed by atoms with E-state index in [1.807, 2.05) is 49.4 Å². The molecule has 2 saturated carbocycles. The summed E-state index contributed by atoms with van der Waals surface area (Å²) in [4.78, 5) is 27.5. The minimum atomic E-state index is -2.43. The molecular formula is C38H38O10. The first-order valence-corrected chi connectivity index (χ1v) is 16.2. The van der Waals surface area contributed by atoms with Gasteiger partial charge in [0.25, 0.3) is 0 Å². The fraction of sp³-hybridized carbons (Fsp3) is 0.421. The first-order chi connectivity index (χ1) is 22.9. The number of ether oxygens (including phenoxy) is 5. The Bertz CT molecular complexity index is 1790. The van der Waals surface area contributed by atoms with Crippen LogP contribution < -0.4 is 0 Å². The van der Waals surface area contributed by atoms with E-state index in [0.29, 0.717) is 11.1 Å². The quantitative estimate of drug-likeness (QED) is 0.134. The molecular weight excluding hydrogens is 616 g/mol. The van der Waals surface area contributed by atoms with Gasteiger partial charge >= 0.3 is 11.9 Å². The summed E-state index contributed by atoms with van der Waals surface area (Å²) < 4.78 is 33.4. The molecule has 8 rings (SSSR count). The number of Topliss-reactive ketones (excluding diaryl/α,β-unsaturated/α-hetero) is 1. The van der Waals surface area contributed by atoms with Gasteiger partial charge in [0.2, 0.25) is 0 Å². The van der Waals surface area contributed by atoms with Crippen molar-refractivity contribution < 1.29 is 48.6 Å². The third kappa shape index (κ3) is 3.76. The number of epoxide rings is 1. The Morgan fingerprint density at radius 2 is 1.71 bits per heavy atom. The highest BCUT2D eigenvalue weighted by molar-refractivity contribution is 6.05. The van der Waals surface area contributed by atoms with Crippen LogP contribution in [0.15, 0.2) is 103 Å². The van der Waals surface area contributed by atoms with Crippen molar-refractivity contribution in [2.24, 2.45) is 17.8 Å². The average molecular weight is 655 g/mol. The zero-order chi connectivity index (χ0) is 33.9. The molecule has 2 aromatic rings. The summed E-state index contributed by atoms with van der Waals surface area (Å²) in [6, 6.07) is 18.6. The Labute approximate surface area is 277 Å². The van der Waals surface area contributed by atoms with Gasteiger partial charge in [-0.2, -0.15) is 0 Å². The second kappa shape index (κ2) is 10.4. The van der Waals surface area contributed by atoms with Crippen LogP contribution in [0.3, 0.4) is 0 Å². The van der Waals surface area contributed by atoms with Gasteiger partial charge in [-0.25, -0.2) is 4.79 Å². The summed E-state index contributed by atoms with van der Waals surface area (Å²) in [7, 11) is 0. The lowest BCUT2D eigenvalue weighted by atomic mass is 9.53. The molecule has 6 aliphatic rings. The molecule has 0 amide bonds. The Morgan fingerprint density at radius 1 is 1.02 bits per heavy atom. The number of hydrogen-bond acceptors (Lipinski definition) is 10. The van der Waals surface area contributed by atoms with E-state index in [4.69, 9.17) is 23.7 Å². The van der Waals surface area contributed by atoms with E-state index in [9.17, 15) is 24.9 Å². The van der Waals surface area contributed by atoms with E-state index in [2.05, 4.69) is 6.58 Å². The topological polar surface area (TPSA) is 144 Å². The number of aliphatic hydroxyl groups is 3. The molecule has 3 heterocycles. The number of aliphatic hydroxyl groups excluding tert-OH is 2. The number of hydrogen-bond donors (Lipinski definition) is 3. The lowest BCUT2D eigenvalue weighted by molar-refractivity contribution is -0.440. The van der Waals surface area contributed by atoms with E-state index in [1.54, 1.807) is 56.3 Å². The molecule has 3 saturated heterocycles. The highest BCUT2D eigenvalue weighted by atomic mass is 16.9. The number of rotatable bonds is 7. The number of benzene rings is 2. The number of carbonyl (C=O) groups excluding carboxylic acids is 2. The maximum atomic E-state index is 13.9. The standard InChI is InChI=1S/C38H38O10/c1-21(2)36-30(44-27(40)18-12-11-15-24-13-7-5-8-14-24)23(4)37-26-19-22(3)29(41)35(26,43)33(42)34(20-39)31(45-34)28(37)32(36)46-38(47-36,48-37)25-16-9-6-10-17-25/h5-19,23,26,28,30-33,39,42-43H,1,20H2,2-4H3/b15-11+,18-12+. The summed E-state index contributed by atoms with van der Waals surface area (Å²) in [5.74, 6) is -5.98. The smallest absolute Gasteiger partial charge is 0.331 e. The average Bonchev–Trinajstić information content (AvgIpc) is 3.71. The van der Waals surface area contributed by atoms with Crippen molar-refractivity contribution in [2.45, 2.75) is 73.6 Å². The highest BCUT2D eigenvalue weighted by Gasteiger charge is 2.90. The maximum Gasteiger partial charge on any atom is 0.331 e. The van der Waals surface area contributed by atoms with Crippen LogP contribution in [0.5, 0.6) is 0 Å². The molecule has 12 atom stereocenters. The molecule has 0 aromatic heterocycles. The van der Waals surface area contributed by atoms with Crippen molar-refractivity contribution in [1.82, 2.24) is 0 Å². The van der Waals surface area contributed by atoms with E-state index in [1.165, 1.54) is 6.08 Å². The van der Waals surface area contributed by atoms with Crippen molar-refractivity contribution in [3.63, 3.8) is 0 Å². The normalized spacial score (nSPS) is 45.0. The predicted octanol–water partition coefficient (Wildman–Crippen LogP) is 3.12. The van der Waals surface area contributed by atoms with Gasteiger partial charge in [0.1, 0.15) is 30.0 Å². The molecule has 10 nitrogen and oxygen atoms in total. The van der Waals surface area contributed by atoms with Gasteiger partial charge in [-0.05, 0) is 30.6 Å². The largest absolute Gasteiger partial charge is 0.455 e. The Balaban J connectivity index is 1.29. The van der Waals surface area contributed by atoms with Crippen LogP contribution >= 0.6 is 0 Å². The number of fused-ring (bicyclic) bond motifs is 3. The van der Waals surface area contributed by atoms with E-state index >= 15 is 0 Å². The summed E-state index contributed by atoms with van der Waals surface area (Å²) in [6.45, 7) is 8.79. The van der Waals surface area contributed by atoms with Crippen LogP contribution in [0.4, 0.5) is 0 Å². The lowest BCUT2D eigenvalue weighted by Crippen LogP contribution is -2.76. The van der Waals surface area contributed by atoms with Gasteiger partial charge in [0, 0.05) is 29.4 Å². The minimum Gasteiger partial charge on any atom is -0.455 e. The molecule has 2 aromatic carbocycles. The van der Waals surface area contributed by atoms with Gasteiger partial charge in [-0.1, -0.05) is 98.5 Å². The van der Waals surface area contributed by atoms with Gasteiger partial charge in [-0.3, -0.25) is 4.79 Å². The molecule has 5 fully saturated rings. The van der Waals surface area contributed by atoms with Crippen molar-refractivity contribution in [2.75, 3.05) is 6.61 Å². The Kier molecular flexibility index (Phi) is 6.82. The molecule has 10 heteroatoms. The number of esters is 1. The zero-order valence-corrected chi connectivity index (χ0v) is 26.8. The van der Waals surface area contributed by atoms with Gasteiger partial charge < -0.3 is 39.0 Å². The molecule has 3 aliphatic carbocycles. The summed E-state index contributed by atoms with van der Waals surface area (Å²) >= 11 is 0. The third-order valence-corrected chi connectivity index (χ3v) is 11.5. The first-order valence-electron chi connectivity index (χ1n) is 16.2. The second-order valence-electron chi connectivity index (χ2n) is 13.9. The van der Waals surface area contributed by atoms with Crippen LogP contribution in [0, 0.1) is 17.8 Å². The highest BCUT2D eigenvalue weighted by Crippen LogP contribution is 2.74. The zero-order valence-electron chi connectivity index (χ0n) is 26.8. The Hall–Kier alpha value is -3.74. The molecule has 250 valence electrons. The fourth-order valence-electron chi connectivity index (χ4n) is 9.34. The molecule has 12 unspecified atom stereocenters. The van der Waals surface area contributed by atoms with Crippen molar-refractivity contribution >= 4 is 17.8 Å². The van der Waals surface area contributed by atoms with E-state index in [0.717, 1.165) is 5.56 Å². The van der Waals surface area contributed by atoms with Crippen LogP contribution in [-0.4, -0.2) is 80.5 Å². The van der Waals surface area contributed by atoms with Crippen molar-refractivity contribution in [3.8, 4) is 0 Å². The molecule has 3 N–H and O–H groups in total. The maximum absolute atomic E-state index is 13.9. The summed E-state index contributed by atoms with van der Waals surface area (Å²) in [5, 5.41) is 34.9.